The highest BCUT2D eigenvalue weighted by molar-refractivity contribution is 8.00. The summed E-state index contributed by atoms with van der Waals surface area (Å²) in [5.41, 5.74) is 0.784. The highest BCUT2D eigenvalue weighted by Crippen LogP contribution is 2.54. The molecule has 1 aliphatic heterocycles. The van der Waals surface area contributed by atoms with E-state index in [0.717, 1.165) is 19.5 Å². The van der Waals surface area contributed by atoms with Gasteiger partial charge in [0.15, 0.2) is 5.82 Å². The lowest BCUT2D eigenvalue weighted by molar-refractivity contribution is -0.104. The van der Waals surface area contributed by atoms with Crippen molar-refractivity contribution in [3.8, 4) is 0 Å². The molecule has 0 bridgehead atoms. The summed E-state index contributed by atoms with van der Waals surface area (Å²) in [4.78, 5) is 7.48. The Labute approximate surface area is 183 Å². The Balaban J connectivity index is 1.41. The van der Waals surface area contributed by atoms with E-state index in [1.165, 1.54) is 37.1 Å². The molecule has 1 aliphatic carbocycles. The lowest BCUT2D eigenvalue weighted by Crippen LogP contribution is -2.63. The summed E-state index contributed by atoms with van der Waals surface area (Å²) in [5.74, 6) is -1.44. The van der Waals surface area contributed by atoms with E-state index in [0.29, 0.717) is 35.5 Å². The van der Waals surface area contributed by atoms with Crippen LogP contribution in [0.25, 0.3) is 0 Å². The molecule has 30 heavy (non-hydrogen) atoms. The molecule has 1 saturated carbocycles. The van der Waals surface area contributed by atoms with Gasteiger partial charge in [-0.05, 0) is 61.7 Å². The third-order valence-electron chi connectivity index (χ3n) is 6.32. The van der Waals surface area contributed by atoms with Crippen molar-refractivity contribution in [1.82, 2.24) is 9.88 Å². The van der Waals surface area contributed by atoms with E-state index in [9.17, 15) is 13.2 Å². The molecule has 1 atom stereocenters. The molecule has 2 fully saturated rings. The molecule has 0 radical (unpaired) electrons. The minimum Gasteiger partial charge on any atom is -0.373 e. The summed E-state index contributed by atoms with van der Waals surface area (Å²) in [5, 5.41) is -0.123. The third kappa shape index (κ3) is 4.09. The summed E-state index contributed by atoms with van der Waals surface area (Å²) in [7, 11) is 3.94. The molecule has 4 nitrogen and oxygen atoms in total. The fourth-order valence-corrected chi connectivity index (χ4v) is 5.65. The van der Waals surface area contributed by atoms with Gasteiger partial charge in [0, 0.05) is 32.7 Å². The molecule has 1 aromatic heterocycles. The lowest BCUT2D eigenvalue weighted by Gasteiger charge is -2.60. The van der Waals surface area contributed by atoms with Gasteiger partial charge < -0.3 is 14.5 Å². The number of rotatable bonds is 7. The minimum atomic E-state index is -0.840. The molecule has 9 heteroatoms. The number of likely N-dealkylation sites (tertiary alicyclic amines) is 1. The zero-order valence-corrected chi connectivity index (χ0v) is 18.5. The number of hydrogen-bond acceptors (Lipinski definition) is 5. The maximum atomic E-state index is 14.8. The van der Waals surface area contributed by atoms with E-state index >= 15 is 0 Å². The van der Waals surface area contributed by atoms with Gasteiger partial charge in [0.1, 0.15) is 21.6 Å². The zero-order chi connectivity index (χ0) is 21.5. The van der Waals surface area contributed by atoms with Gasteiger partial charge in [-0.3, -0.25) is 0 Å². The van der Waals surface area contributed by atoms with Crippen molar-refractivity contribution in [2.75, 3.05) is 43.4 Å². The lowest BCUT2D eigenvalue weighted by atomic mass is 9.55. The van der Waals surface area contributed by atoms with Crippen molar-refractivity contribution in [3.05, 3.63) is 46.9 Å². The van der Waals surface area contributed by atoms with Crippen molar-refractivity contribution >= 4 is 35.1 Å². The molecule has 2 aromatic rings. The molecule has 0 unspecified atom stereocenters. The fourth-order valence-electron chi connectivity index (χ4n) is 4.63. The molecular formula is C21H24ClF3N4S. The van der Waals surface area contributed by atoms with Gasteiger partial charge in [0.05, 0.1) is 5.69 Å². The van der Waals surface area contributed by atoms with Gasteiger partial charge in [-0.2, -0.15) is 4.39 Å². The maximum absolute atomic E-state index is 14.8. The molecular weight excluding hydrogens is 433 g/mol. The topological polar surface area (TPSA) is 31.4 Å². The van der Waals surface area contributed by atoms with Crippen molar-refractivity contribution in [2.24, 2.45) is 11.3 Å². The van der Waals surface area contributed by atoms with Crippen molar-refractivity contribution in [2.45, 2.75) is 24.2 Å². The first-order chi connectivity index (χ1) is 14.3. The van der Waals surface area contributed by atoms with Gasteiger partial charge in [0.2, 0.25) is 5.95 Å². The Morgan fingerprint density at radius 2 is 2.10 bits per heavy atom. The molecule has 4 rings (SSSR count). The summed E-state index contributed by atoms with van der Waals surface area (Å²) in [6.07, 6.45) is 3.47. The van der Waals surface area contributed by atoms with Gasteiger partial charge in [-0.25, -0.2) is 13.8 Å². The van der Waals surface area contributed by atoms with E-state index in [1.54, 1.807) is 7.05 Å². The van der Waals surface area contributed by atoms with Crippen LogP contribution in [0.15, 0.2) is 29.2 Å². The van der Waals surface area contributed by atoms with Crippen LogP contribution < -0.4 is 9.62 Å². The summed E-state index contributed by atoms with van der Waals surface area (Å²) < 4.78 is 45.3. The smallest absolute Gasteiger partial charge is 0.214 e. The highest BCUT2D eigenvalue weighted by Gasteiger charge is 2.52. The number of benzene rings is 1. The van der Waals surface area contributed by atoms with Gasteiger partial charge in [0.25, 0.3) is 0 Å². The van der Waals surface area contributed by atoms with Crippen LogP contribution in [0.5, 0.6) is 0 Å². The van der Waals surface area contributed by atoms with Crippen molar-refractivity contribution < 1.29 is 13.2 Å². The normalized spacial score (nSPS) is 20.0. The molecule has 1 N–H and O–H groups in total. The fraction of sp³-hybridized carbons (Fsp3) is 0.476. The molecule has 1 saturated heterocycles. The first-order valence-electron chi connectivity index (χ1n) is 9.92. The summed E-state index contributed by atoms with van der Waals surface area (Å²) >= 11 is 6.92. The van der Waals surface area contributed by atoms with Crippen LogP contribution in [0.3, 0.4) is 0 Å². The van der Waals surface area contributed by atoms with E-state index in [-0.39, 0.29) is 15.7 Å². The SMILES string of the molecule is CN1CC2(CC[C@@H]2CCN(C)c2cc(F)c(SNc3cccc(F)n3)c(F)c2Cl)C1. The summed E-state index contributed by atoms with van der Waals surface area (Å²) in [6.45, 7) is 2.97. The average molecular weight is 457 g/mol. The second-order valence-electron chi connectivity index (χ2n) is 8.36. The predicted molar refractivity (Wildman–Crippen MR) is 116 cm³/mol. The van der Waals surface area contributed by atoms with E-state index in [2.05, 4.69) is 21.7 Å². The standard InChI is InChI=1S/C21H24ClF3N4S/c1-28-11-21(12-28)8-6-13(21)7-9-29(2)15-10-14(23)20(19(25)18(15)22)30-27-17-5-3-4-16(24)26-17/h3-5,10,13H,6-9,11-12H2,1-2H3,(H,26,27)/t13-/m1/s1. The molecule has 2 heterocycles. The molecule has 0 amide bonds. The molecule has 162 valence electrons. The number of aromatic nitrogens is 1. The molecule has 2 aliphatic rings. The van der Waals surface area contributed by atoms with E-state index in [4.69, 9.17) is 11.6 Å². The number of nitrogens with one attached hydrogen (secondary N) is 1. The Kier molecular flexibility index (Phi) is 6.10. The van der Waals surface area contributed by atoms with Crippen molar-refractivity contribution in [3.63, 3.8) is 0 Å². The summed E-state index contributed by atoms with van der Waals surface area (Å²) in [6, 6.07) is 5.40. The Bertz CT molecular complexity index is 939. The largest absolute Gasteiger partial charge is 0.373 e. The van der Waals surface area contributed by atoms with Crippen molar-refractivity contribution in [1.29, 1.82) is 0 Å². The van der Waals surface area contributed by atoms with Gasteiger partial charge >= 0.3 is 0 Å². The van der Waals surface area contributed by atoms with Crippen LogP contribution in [-0.4, -0.2) is 43.6 Å². The Hall–Kier alpha value is -1.64. The van der Waals surface area contributed by atoms with E-state index in [1.807, 2.05) is 4.90 Å². The highest BCUT2D eigenvalue weighted by atomic mass is 35.5. The van der Waals surface area contributed by atoms with Crippen LogP contribution >= 0.6 is 23.5 Å². The zero-order valence-electron chi connectivity index (χ0n) is 16.9. The van der Waals surface area contributed by atoms with Crippen LogP contribution in [0, 0.1) is 28.9 Å². The van der Waals surface area contributed by atoms with Crippen LogP contribution in [-0.2, 0) is 0 Å². The third-order valence-corrected chi connectivity index (χ3v) is 7.57. The Morgan fingerprint density at radius 1 is 1.33 bits per heavy atom. The second kappa shape index (κ2) is 8.48. The quantitative estimate of drug-likeness (QED) is 0.340. The number of anilines is 2. The Morgan fingerprint density at radius 3 is 2.73 bits per heavy atom. The second-order valence-corrected chi connectivity index (χ2v) is 9.56. The number of pyridine rings is 1. The van der Waals surface area contributed by atoms with Crippen LogP contribution in [0.2, 0.25) is 5.02 Å². The minimum absolute atomic E-state index is 0.123. The van der Waals surface area contributed by atoms with Crippen LogP contribution in [0.1, 0.15) is 19.3 Å². The average Bonchev–Trinajstić information content (AvgIpc) is 2.67. The van der Waals surface area contributed by atoms with Gasteiger partial charge in [-0.1, -0.05) is 17.7 Å². The van der Waals surface area contributed by atoms with E-state index < -0.39 is 17.6 Å². The number of halogens is 4. The van der Waals surface area contributed by atoms with Crippen LogP contribution in [0.4, 0.5) is 24.7 Å². The monoisotopic (exact) mass is 456 g/mol. The molecule has 1 spiro atoms. The number of hydrogen-bond donors (Lipinski definition) is 1. The first-order valence-corrected chi connectivity index (χ1v) is 11.1. The van der Waals surface area contributed by atoms with Gasteiger partial charge in [-0.15, -0.1) is 0 Å². The number of nitrogens with zero attached hydrogens (tertiary/aromatic N) is 3. The predicted octanol–water partition coefficient (Wildman–Crippen LogP) is 5.44. The first kappa shape index (κ1) is 21.6. The molecule has 1 aromatic carbocycles. The maximum Gasteiger partial charge on any atom is 0.214 e.